The van der Waals surface area contributed by atoms with E-state index in [0.717, 1.165) is 0 Å². The van der Waals surface area contributed by atoms with E-state index in [1.165, 1.54) is 6.92 Å². The van der Waals surface area contributed by atoms with Gasteiger partial charge in [0.15, 0.2) is 0 Å². The summed E-state index contributed by atoms with van der Waals surface area (Å²) >= 11 is 0. The third-order valence-corrected chi connectivity index (χ3v) is 6.34. The lowest BCUT2D eigenvalue weighted by Crippen LogP contribution is -2.49. The Bertz CT molecular complexity index is 817. The monoisotopic (exact) mass is 404 g/mol. The lowest BCUT2D eigenvalue weighted by atomic mass is 9.65. The summed E-state index contributed by atoms with van der Waals surface area (Å²) in [6, 6.07) is 5.57. The van der Waals surface area contributed by atoms with E-state index in [2.05, 4.69) is 10.6 Å². The number of carbonyl (C=O) groups is 4. The quantitative estimate of drug-likeness (QED) is 0.551. The van der Waals surface area contributed by atoms with Crippen molar-refractivity contribution in [3.8, 4) is 0 Å². The lowest BCUT2D eigenvalue weighted by Gasteiger charge is -2.38. The van der Waals surface area contributed by atoms with Gasteiger partial charge in [-0.3, -0.25) is 14.4 Å². The maximum absolute atomic E-state index is 12.8. The first-order valence-electron chi connectivity index (χ1n) is 9.51. The van der Waals surface area contributed by atoms with Crippen LogP contribution < -0.4 is 10.6 Å². The predicted molar refractivity (Wildman–Crippen MR) is 106 cm³/mol. The van der Waals surface area contributed by atoms with Crippen LogP contribution in [0.2, 0.25) is 0 Å². The fourth-order valence-corrected chi connectivity index (χ4v) is 3.98. The zero-order valence-electron chi connectivity index (χ0n) is 17.1. The average Bonchev–Trinajstić information content (AvgIpc) is 2.86. The molecule has 8 nitrogen and oxygen atoms in total. The first-order chi connectivity index (χ1) is 13.4. The summed E-state index contributed by atoms with van der Waals surface area (Å²) < 4.78 is 0. The number of hydrogen-bond acceptors (Lipinski definition) is 4. The van der Waals surface area contributed by atoms with E-state index in [1.807, 2.05) is 0 Å². The van der Waals surface area contributed by atoms with Gasteiger partial charge in [-0.15, -0.1) is 0 Å². The number of nitrogens with one attached hydrogen (secondary N) is 2. The van der Waals surface area contributed by atoms with E-state index in [1.54, 1.807) is 45.0 Å². The molecule has 4 N–H and O–H groups in total. The molecule has 1 aliphatic carbocycles. The second kappa shape index (κ2) is 8.23. The molecule has 158 valence electrons. The normalized spacial score (nSPS) is 23.8. The molecule has 0 heterocycles. The minimum absolute atomic E-state index is 0.0742. The van der Waals surface area contributed by atoms with E-state index < -0.39 is 40.6 Å². The third kappa shape index (κ3) is 4.58. The van der Waals surface area contributed by atoms with Crippen molar-refractivity contribution in [1.82, 2.24) is 5.32 Å². The Morgan fingerprint density at radius 3 is 2.14 bits per heavy atom. The molecule has 3 atom stereocenters. The van der Waals surface area contributed by atoms with Crippen molar-refractivity contribution in [1.29, 1.82) is 0 Å². The molecule has 2 amide bonds. The summed E-state index contributed by atoms with van der Waals surface area (Å²) in [5.74, 6) is -3.36. The number of amides is 2. The van der Waals surface area contributed by atoms with Gasteiger partial charge in [-0.25, -0.2) is 4.79 Å². The van der Waals surface area contributed by atoms with Crippen molar-refractivity contribution in [3.63, 3.8) is 0 Å². The molecule has 0 radical (unpaired) electrons. The largest absolute Gasteiger partial charge is 0.481 e. The highest BCUT2D eigenvalue weighted by Gasteiger charge is 2.58. The molecule has 1 aromatic carbocycles. The molecule has 8 heteroatoms. The highest BCUT2D eigenvalue weighted by Crippen LogP contribution is 2.56. The number of carboxylic acids is 2. The van der Waals surface area contributed by atoms with Crippen LogP contribution in [0.25, 0.3) is 0 Å². The van der Waals surface area contributed by atoms with Gasteiger partial charge in [0, 0.05) is 24.9 Å². The number of aliphatic carboxylic acids is 2. The molecule has 1 saturated carbocycles. The zero-order valence-corrected chi connectivity index (χ0v) is 17.1. The van der Waals surface area contributed by atoms with Gasteiger partial charge in [0.2, 0.25) is 11.8 Å². The average molecular weight is 404 g/mol. The summed E-state index contributed by atoms with van der Waals surface area (Å²) in [5, 5.41) is 24.4. The summed E-state index contributed by atoms with van der Waals surface area (Å²) in [5.41, 5.74) is -0.579. The summed E-state index contributed by atoms with van der Waals surface area (Å²) in [4.78, 5) is 47.3. The van der Waals surface area contributed by atoms with Crippen LogP contribution in [0.1, 0.15) is 46.1 Å². The van der Waals surface area contributed by atoms with Gasteiger partial charge in [-0.2, -0.15) is 0 Å². The Morgan fingerprint density at radius 1 is 1.10 bits per heavy atom. The van der Waals surface area contributed by atoms with Crippen LogP contribution in [-0.4, -0.2) is 40.0 Å². The molecule has 1 fully saturated rings. The van der Waals surface area contributed by atoms with E-state index >= 15 is 0 Å². The number of rotatable bonds is 7. The Morgan fingerprint density at radius 2 is 1.69 bits per heavy atom. The third-order valence-electron chi connectivity index (χ3n) is 6.34. The fourth-order valence-electron chi connectivity index (χ4n) is 3.98. The van der Waals surface area contributed by atoms with Crippen molar-refractivity contribution in [3.05, 3.63) is 29.8 Å². The van der Waals surface area contributed by atoms with Crippen molar-refractivity contribution in [2.45, 2.75) is 53.0 Å². The number of anilines is 1. The second-order valence-electron chi connectivity index (χ2n) is 8.43. The molecule has 0 bridgehead atoms. The van der Waals surface area contributed by atoms with Gasteiger partial charge >= 0.3 is 11.9 Å². The van der Waals surface area contributed by atoms with Crippen LogP contribution in [-0.2, 0) is 25.6 Å². The molecule has 0 unspecified atom stereocenters. The molecule has 2 rings (SSSR count). The molecular weight excluding hydrogens is 376 g/mol. The van der Waals surface area contributed by atoms with Crippen LogP contribution in [0.5, 0.6) is 0 Å². The summed E-state index contributed by atoms with van der Waals surface area (Å²) in [6.07, 6.45) is 0.819. The number of benzene rings is 1. The SMILES string of the molecule is CC(=O)Nc1ccc(C[C@H](NC(=O)[C@H]2CC[C@@](C)(C(=O)O)C2(C)C)C(=O)O)cc1. The van der Waals surface area contributed by atoms with Gasteiger partial charge in [-0.1, -0.05) is 26.0 Å². The van der Waals surface area contributed by atoms with Crippen LogP contribution in [0.15, 0.2) is 24.3 Å². The second-order valence-corrected chi connectivity index (χ2v) is 8.43. The maximum Gasteiger partial charge on any atom is 0.326 e. The van der Waals surface area contributed by atoms with E-state index in [0.29, 0.717) is 24.1 Å². The standard InChI is InChI=1S/C21H28N2O6/c1-12(24)22-14-7-5-13(6-8-14)11-16(18(26)27)23-17(25)15-9-10-21(4,19(28)29)20(15,2)3/h5-8,15-16H,9-11H2,1-4H3,(H,22,24)(H,23,25)(H,26,27)(H,28,29)/t15-,16+,21+/m1/s1. The lowest BCUT2D eigenvalue weighted by molar-refractivity contribution is -0.155. The van der Waals surface area contributed by atoms with Crippen molar-refractivity contribution in [2.24, 2.45) is 16.7 Å². The first kappa shape index (κ1) is 22.4. The number of carboxylic acid groups (broad SMARTS) is 2. The minimum Gasteiger partial charge on any atom is -0.481 e. The molecule has 1 aliphatic rings. The Balaban J connectivity index is 2.11. The summed E-state index contributed by atoms with van der Waals surface area (Å²) in [7, 11) is 0. The van der Waals surface area contributed by atoms with Crippen LogP contribution >= 0.6 is 0 Å². The topological polar surface area (TPSA) is 133 Å². The summed E-state index contributed by atoms with van der Waals surface area (Å²) in [6.45, 7) is 6.52. The van der Waals surface area contributed by atoms with Crippen molar-refractivity contribution < 1.29 is 29.4 Å². The molecular formula is C21H28N2O6. The molecule has 0 spiro atoms. The van der Waals surface area contributed by atoms with Gasteiger partial charge in [-0.05, 0) is 42.9 Å². The van der Waals surface area contributed by atoms with E-state index in [9.17, 15) is 29.4 Å². The predicted octanol–water partition coefficient (Wildman–Crippen LogP) is 2.28. The van der Waals surface area contributed by atoms with E-state index in [4.69, 9.17) is 0 Å². The Labute approximate surface area is 169 Å². The fraction of sp³-hybridized carbons (Fsp3) is 0.524. The minimum atomic E-state index is -1.17. The molecule has 29 heavy (non-hydrogen) atoms. The van der Waals surface area contributed by atoms with Gasteiger partial charge in [0.05, 0.1) is 5.41 Å². The molecule has 0 aromatic heterocycles. The van der Waals surface area contributed by atoms with Gasteiger partial charge < -0.3 is 20.8 Å². The highest BCUT2D eigenvalue weighted by molar-refractivity contribution is 5.89. The van der Waals surface area contributed by atoms with E-state index in [-0.39, 0.29) is 12.3 Å². The smallest absolute Gasteiger partial charge is 0.326 e. The molecule has 0 saturated heterocycles. The molecule has 0 aliphatic heterocycles. The Kier molecular flexibility index (Phi) is 6.35. The van der Waals surface area contributed by atoms with Gasteiger partial charge in [0.1, 0.15) is 6.04 Å². The highest BCUT2D eigenvalue weighted by atomic mass is 16.4. The number of hydrogen-bond donors (Lipinski definition) is 4. The maximum atomic E-state index is 12.8. The van der Waals surface area contributed by atoms with Crippen molar-refractivity contribution in [2.75, 3.05) is 5.32 Å². The number of carbonyl (C=O) groups excluding carboxylic acids is 2. The van der Waals surface area contributed by atoms with Gasteiger partial charge in [0.25, 0.3) is 0 Å². The van der Waals surface area contributed by atoms with Crippen molar-refractivity contribution >= 4 is 29.4 Å². The first-order valence-corrected chi connectivity index (χ1v) is 9.51. The van der Waals surface area contributed by atoms with Crippen LogP contribution in [0.4, 0.5) is 5.69 Å². The molecule has 1 aromatic rings. The Hall–Kier alpha value is -2.90. The zero-order chi connectivity index (χ0) is 22.0. The van der Waals surface area contributed by atoms with Crippen LogP contribution in [0.3, 0.4) is 0 Å². The van der Waals surface area contributed by atoms with Crippen LogP contribution in [0, 0.1) is 16.7 Å².